The van der Waals surface area contributed by atoms with Crippen molar-refractivity contribution in [2.24, 2.45) is 0 Å². The number of phenols is 1. The number of benzene rings is 2. The Hall–Kier alpha value is -3.38. The molecule has 4 rings (SSSR count). The number of hydrogen-bond donors (Lipinski definition) is 3. The minimum Gasteiger partial charge on any atom is -0.507 e. The zero-order valence-electron chi connectivity index (χ0n) is 18.4. The summed E-state index contributed by atoms with van der Waals surface area (Å²) in [5.41, 5.74) is -1.42. The quantitative estimate of drug-likeness (QED) is 0.420. The number of fused-ring (bicyclic) bond motifs is 1. The lowest BCUT2D eigenvalue weighted by molar-refractivity contribution is -0.137. The maximum absolute atomic E-state index is 13.5. The molecular formula is C23H19ClF3N3O5S. The third-order valence-electron chi connectivity index (χ3n) is 5.77. The van der Waals surface area contributed by atoms with Crippen molar-refractivity contribution in [3.63, 3.8) is 0 Å². The van der Waals surface area contributed by atoms with Crippen LogP contribution in [0.15, 0.2) is 46.1 Å². The largest absolute Gasteiger partial charge is 0.507 e. The number of thioether (sulfide) groups is 1. The summed E-state index contributed by atoms with van der Waals surface area (Å²) < 4.78 is 40.4. The molecule has 0 radical (unpaired) electrons. The average molecular weight is 542 g/mol. The second-order valence-electron chi connectivity index (χ2n) is 8.02. The molecule has 0 spiro atoms. The molecule has 190 valence electrons. The monoisotopic (exact) mass is 541 g/mol. The van der Waals surface area contributed by atoms with E-state index in [1.165, 1.54) is 28.0 Å². The van der Waals surface area contributed by atoms with Crippen LogP contribution in [0.25, 0.3) is 22.0 Å². The van der Waals surface area contributed by atoms with Crippen LogP contribution in [-0.4, -0.2) is 68.9 Å². The van der Waals surface area contributed by atoms with E-state index in [0.29, 0.717) is 0 Å². The Morgan fingerprint density at radius 2 is 1.72 bits per heavy atom. The number of aromatic nitrogens is 1. The summed E-state index contributed by atoms with van der Waals surface area (Å²) >= 11 is 6.91. The first-order valence-corrected chi connectivity index (χ1v) is 12.0. The van der Waals surface area contributed by atoms with Gasteiger partial charge in [-0.2, -0.15) is 13.2 Å². The molecule has 1 aromatic heterocycles. The van der Waals surface area contributed by atoms with Gasteiger partial charge in [-0.1, -0.05) is 11.6 Å². The van der Waals surface area contributed by atoms with Crippen molar-refractivity contribution in [1.82, 2.24) is 14.8 Å². The van der Waals surface area contributed by atoms with Crippen molar-refractivity contribution in [3.8, 4) is 16.9 Å². The van der Waals surface area contributed by atoms with Gasteiger partial charge in [-0.3, -0.25) is 9.59 Å². The summed E-state index contributed by atoms with van der Waals surface area (Å²) in [5, 5.41) is 19.8. The van der Waals surface area contributed by atoms with E-state index in [1.54, 1.807) is 0 Å². The van der Waals surface area contributed by atoms with Gasteiger partial charge in [0, 0.05) is 53.2 Å². The Morgan fingerprint density at radius 3 is 2.36 bits per heavy atom. The van der Waals surface area contributed by atoms with Crippen molar-refractivity contribution in [3.05, 3.63) is 57.3 Å². The number of nitrogens with one attached hydrogen (secondary N) is 1. The number of pyridine rings is 1. The van der Waals surface area contributed by atoms with Crippen molar-refractivity contribution >= 4 is 46.3 Å². The highest BCUT2D eigenvalue weighted by Crippen LogP contribution is 2.42. The molecule has 3 aromatic rings. The number of hydrogen-bond acceptors (Lipinski definition) is 5. The first-order chi connectivity index (χ1) is 17.0. The molecule has 13 heteroatoms. The number of phenolic OH excluding ortho intramolecular Hbond substituents is 1. The summed E-state index contributed by atoms with van der Waals surface area (Å²) in [4.78, 5) is 42.0. The first kappa shape index (κ1) is 25.7. The van der Waals surface area contributed by atoms with Gasteiger partial charge in [-0.05, 0) is 36.4 Å². The number of aromatic hydroxyl groups is 1. The Balaban J connectivity index is 1.76. The van der Waals surface area contributed by atoms with Crippen LogP contribution >= 0.6 is 23.4 Å². The number of carboxylic acid groups (broad SMARTS) is 1. The van der Waals surface area contributed by atoms with Crippen molar-refractivity contribution < 1.29 is 33.0 Å². The zero-order valence-corrected chi connectivity index (χ0v) is 20.0. The Kier molecular flexibility index (Phi) is 7.10. The molecule has 0 unspecified atom stereocenters. The molecule has 8 nitrogen and oxygen atoms in total. The fourth-order valence-electron chi connectivity index (χ4n) is 3.94. The lowest BCUT2D eigenvalue weighted by Crippen LogP contribution is -2.50. The van der Waals surface area contributed by atoms with Crippen LogP contribution in [0.3, 0.4) is 0 Å². The molecule has 0 saturated carbocycles. The topological polar surface area (TPSA) is 114 Å². The normalized spacial score (nSPS) is 14.3. The molecule has 0 bridgehead atoms. The smallest absolute Gasteiger partial charge is 0.416 e. The van der Waals surface area contributed by atoms with E-state index in [-0.39, 0.29) is 75.5 Å². The highest BCUT2D eigenvalue weighted by atomic mass is 35.5. The highest BCUT2D eigenvalue weighted by Gasteiger charge is 2.32. The average Bonchev–Trinajstić information content (AvgIpc) is 2.83. The first-order valence-electron chi connectivity index (χ1n) is 10.6. The Labute approximate surface area is 211 Å². The highest BCUT2D eigenvalue weighted by molar-refractivity contribution is 8.00. The summed E-state index contributed by atoms with van der Waals surface area (Å²) in [7, 11) is 0. The predicted molar refractivity (Wildman–Crippen MR) is 129 cm³/mol. The number of piperazine rings is 1. The van der Waals surface area contributed by atoms with E-state index in [9.17, 15) is 32.7 Å². The zero-order chi connectivity index (χ0) is 26.2. The Morgan fingerprint density at radius 1 is 1.06 bits per heavy atom. The number of carbonyl (C=O) groups excluding carboxylic acids is 1. The molecule has 1 saturated heterocycles. The lowest BCUT2D eigenvalue weighted by Gasteiger charge is -2.33. The van der Waals surface area contributed by atoms with Gasteiger partial charge < -0.3 is 25.0 Å². The molecule has 0 atom stereocenters. The number of rotatable bonds is 4. The number of halogens is 4. The molecule has 1 aliphatic rings. The van der Waals surface area contributed by atoms with Gasteiger partial charge in [0.05, 0.1) is 16.2 Å². The van der Waals surface area contributed by atoms with Crippen LogP contribution in [-0.2, 0) is 11.0 Å². The number of aromatic amines is 1. The fourth-order valence-corrected chi connectivity index (χ4v) is 5.11. The van der Waals surface area contributed by atoms with E-state index >= 15 is 0 Å². The maximum Gasteiger partial charge on any atom is 0.416 e. The molecule has 3 N–H and O–H groups in total. The maximum atomic E-state index is 13.5. The third kappa shape index (κ3) is 5.24. The van der Waals surface area contributed by atoms with E-state index < -0.39 is 23.4 Å². The summed E-state index contributed by atoms with van der Waals surface area (Å²) in [6.45, 7) is 0.640. The summed E-state index contributed by atoms with van der Waals surface area (Å²) in [6, 6.07) is 6.84. The predicted octanol–water partition coefficient (Wildman–Crippen LogP) is 4.49. The second-order valence-corrected chi connectivity index (χ2v) is 9.44. The Bertz CT molecular complexity index is 1400. The van der Waals surface area contributed by atoms with Gasteiger partial charge in [0.15, 0.2) is 0 Å². The van der Waals surface area contributed by atoms with E-state index in [2.05, 4.69) is 4.98 Å². The standard InChI is InChI=1S/C23H19ClF3N3O5S/c24-13-2-4-17(31)15(10-13)19-14-9-12(23(25,26)27)1-3-16(14)28-21(33)20(19)36-11-18(32)29-5-7-30(8-6-29)22(34)35/h1-4,9-10,31H,5-8,11H2,(H,28,33)(H,34,35). The molecule has 1 aliphatic heterocycles. The number of H-pyrrole nitrogens is 1. The van der Waals surface area contributed by atoms with Crippen LogP contribution in [0.5, 0.6) is 5.75 Å². The van der Waals surface area contributed by atoms with Gasteiger partial charge in [-0.25, -0.2) is 4.79 Å². The minimum atomic E-state index is -4.65. The van der Waals surface area contributed by atoms with Gasteiger partial charge in [-0.15, -0.1) is 11.8 Å². The second kappa shape index (κ2) is 9.94. The third-order valence-corrected chi connectivity index (χ3v) is 7.07. The SMILES string of the molecule is O=C(O)N1CCN(C(=O)CSc2c(-c3cc(Cl)ccc3O)c3cc(C(F)(F)F)ccc3[nH]c2=O)CC1. The van der Waals surface area contributed by atoms with Crippen LogP contribution in [0.1, 0.15) is 5.56 Å². The van der Waals surface area contributed by atoms with Crippen LogP contribution < -0.4 is 5.56 Å². The lowest BCUT2D eigenvalue weighted by atomic mass is 9.98. The van der Waals surface area contributed by atoms with E-state index in [0.717, 1.165) is 30.0 Å². The van der Waals surface area contributed by atoms with Crippen molar-refractivity contribution in [2.75, 3.05) is 31.9 Å². The molecule has 2 heterocycles. The van der Waals surface area contributed by atoms with Crippen molar-refractivity contribution in [1.29, 1.82) is 0 Å². The molecule has 2 aromatic carbocycles. The van der Waals surface area contributed by atoms with Crippen LogP contribution in [0.4, 0.5) is 18.0 Å². The number of amides is 2. The number of nitrogens with zero attached hydrogens (tertiary/aromatic N) is 2. The van der Waals surface area contributed by atoms with E-state index in [1.807, 2.05) is 0 Å². The van der Waals surface area contributed by atoms with Gasteiger partial charge >= 0.3 is 12.3 Å². The van der Waals surface area contributed by atoms with Gasteiger partial charge in [0.2, 0.25) is 5.91 Å². The van der Waals surface area contributed by atoms with E-state index in [4.69, 9.17) is 16.7 Å². The van der Waals surface area contributed by atoms with Gasteiger partial charge in [0.1, 0.15) is 5.75 Å². The molecular weight excluding hydrogens is 523 g/mol. The molecule has 0 aliphatic carbocycles. The minimum absolute atomic E-state index is 0.0204. The van der Waals surface area contributed by atoms with Crippen molar-refractivity contribution in [2.45, 2.75) is 11.1 Å². The fraction of sp³-hybridized carbons (Fsp3) is 0.261. The van der Waals surface area contributed by atoms with Gasteiger partial charge in [0.25, 0.3) is 5.56 Å². The molecule has 1 fully saturated rings. The number of alkyl halides is 3. The number of carbonyl (C=O) groups is 2. The van der Waals surface area contributed by atoms with Crippen LogP contribution in [0, 0.1) is 0 Å². The van der Waals surface area contributed by atoms with Crippen LogP contribution in [0.2, 0.25) is 5.02 Å². The summed E-state index contributed by atoms with van der Waals surface area (Å²) in [5.74, 6) is -0.897. The molecule has 2 amide bonds. The summed E-state index contributed by atoms with van der Waals surface area (Å²) in [6.07, 6.45) is -5.73. The molecule has 36 heavy (non-hydrogen) atoms.